The van der Waals surface area contributed by atoms with Gasteiger partial charge in [-0.15, -0.1) is 0 Å². The molecule has 3 N–H and O–H groups in total. The van der Waals surface area contributed by atoms with Crippen LogP contribution in [0.5, 0.6) is 0 Å². The monoisotopic (exact) mass is 617 g/mol. The lowest BCUT2D eigenvalue weighted by atomic mass is 10.0. The summed E-state index contributed by atoms with van der Waals surface area (Å²) in [5.41, 5.74) is 1.70. The van der Waals surface area contributed by atoms with Gasteiger partial charge in [-0.1, -0.05) is 32.5 Å². The molecule has 2 aromatic rings. The Morgan fingerprint density at radius 1 is 1.07 bits per heavy atom. The first-order valence-corrected chi connectivity index (χ1v) is 18.4. The Bertz CT molecular complexity index is 1270. The predicted molar refractivity (Wildman–Crippen MR) is 168 cm³/mol. The quantitative estimate of drug-likeness (QED) is 0.138. The van der Waals surface area contributed by atoms with Crippen LogP contribution in [0.4, 0.5) is 21.0 Å². The Balaban J connectivity index is 2.09. The lowest BCUT2D eigenvalue weighted by Gasteiger charge is -2.25. The van der Waals surface area contributed by atoms with Crippen molar-refractivity contribution in [2.45, 2.75) is 96.6 Å². The van der Waals surface area contributed by atoms with E-state index in [1.54, 1.807) is 12.1 Å². The van der Waals surface area contributed by atoms with Crippen LogP contribution in [-0.4, -0.2) is 68.3 Å². The van der Waals surface area contributed by atoms with Crippen LogP contribution in [0.1, 0.15) is 58.3 Å². The van der Waals surface area contributed by atoms with E-state index in [-0.39, 0.29) is 6.73 Å². The Kier molecular flexibility index (Phi) is 11.6. The first kappa shape index (κ1) is 33.9. The molecule has 2 heterocycles. The minimum Gasteiger partial charge on any atom is -0.467 e. The molecule has 43 heavy (non-hydrogen) atoms. The van der Waals surface area contributed by atoms with E-state index in [0.29, 0.717) is 60.7 Å². The van der Waals surface area contributed by atoms with Crippen LogP contribution in [0.15, 0.2) is 24.4 Å². The molecular formula is C30H47N5O7Si. The van der Waals surface area contributed by atoms with E-state index in [2.05, 4.69) is 35.6 Å². The zero-order chi connectivity index (χ0) is 31.8. The number of rotatable bonds is 8. The lowest BCUT2D eigenvalue weighted by molar-refractivity contribution is -0.141. The third kappa shape index (κ3) is 10.6. The van der Waals surface area contributed by atoms with E-state index in [4.69, 9.17) is 23.9 Å². The SMILES string of the molecule is COC(=O)Nc1ccc2c(c1)N[C@H](C(=O)OC)CCCC[C@H](NC(=O)OC(C)(C)C)c1nc-2cn1COCC[Si](C)(C)C. The van der Waals surface area contributed by atoms with Gasteiger partial charge in [0.05, 0.1) is 26.0 Å². The van der Waals surface area contributed by atoms with Crippen LogP contribution in [-0.2, 0) is 30.5 Å². The highest BCUT2D eigenvalue weighted by atomic mass is 28.3. The van der Waals surface area contributed by atoms with Crippen molar-refractivity contribution < 1.29 is 33.3 Å². The van der Waals surface area contributed by atoms with Crippen molar-refractivity contribution in [3.05, 3.63) is 30.2 Å². The molecule has 0 spiro atoms. The van der Waals surface area contributed by atoms with E-state index < -0.39 is 43.9 Å². The van der Waals surface area contributed by atoms with Crippen molar-refractivity contribution in [1.82, 2.24) is 14.9 Å². The minimum atomic E-state index is -1.29. The molecule has 13 heteroatoms. The topological polar surface area (TPSA) is 142 Å². The zero-order valence-electron chi connectivity index (χ0n) is 26.7. The number of carbonyl (C=O) groups is 3. The van der Waals surface area contributed by atoms with Gasteiger partial charge in [0.25, 0.3) is 0 Å². The third-order valence-electron chi connectivity index (χ3n) is 6.82. The van der Waals surface area contributed by atoms with E-state index in [9.17, 15) is 14.4 Å². The van der Waals surface area contributed by atoms with Crippen molar-refractivity contribution >= 4 is 37.6 Å². The fraction of sp³-hybridized carbons (Fsp3) is 0.600. The van der Waals surface area contributed by atoms with Gasteiger partial charge in [-0.2, -0.15) is 0 Å². The summed E-state index contributed by atoms with van der Waals surface area (Å²) in [6, 6.07) is 5.19. The summed E-state index contributed by atoms with van der Waals surface area (Å²) in [5, 5.41) is 9.01. The summed E-state index contributed by atoms with van der Waals surface area (Å²) in [4.78, 5) is 42.6. The molecule has 0 fully saturated rings. The number of hydrogen-bond donors (Lipinski definition) is 3. The number of aromatic nitrogens is 2. The van der Waals surface area contributed by atoms with Crippen LogP contribution in [0.25, 0.3) is 11.3 Å². The van der Waals surface area contributed by atoms with E-state index in [1.165, 1.54) is 14.2 Å². The average Bonchev–Trinajstić information content (AvgIpc) is 3.33. The van der Waals surface area contributed by atoms with E-state index in [0.717, 1.165) is 6.04 Å². The number of imidazole rings is 1. The standard InChI is InChI=1S/C30H47N5O7Si/c1-30(2,3)42-29(38)34-22-11-9-10-12-23(27(36)39-4)32-24-17-20(31-28(37)40-5)13-14-21(24)25-18-35(26(22)33-25)19-41-15-16-43(6,7)8/h13-14,17-18,22-23,32H,9-12,15-16,19H2,1-8H3,(H,31,37)(H,34,38)/t22-,23-/m0/s1. The molecular weight excluding hydrogens is 570 g/mol. The van der Waals surface area contributed by atoms with Gasteiger partial charge in [0, 0.05) is 37.8 Å². The van der Waals surface area contributed by atoms with Gasteiger partial charge in [0.1, 0.15) is 24.2 Å². The molecule has 12 nitrogen and oxygen atoms in total. The molecule has 0 aliphatic carbocycles. The van der Waals surface area contributed by atoms with Gasteiger partial charge in [0.2, 0.25) is 0 Å². The normalized spacial score (nSPS) is 17.3. The number of esters is 1. The number of nitrogens with zero attached hydrogens (tertiary/aromatic N) is 2. The summed E-state index contributed by atoms with van der Waals surface area (Å²) >= 11 is 0. The summed E-state index contributed by atoms with van der Waals surface area (Å²) < 4.78 is 23.4. The van der Waals surface area contributed by atoms with Gasteiger partial charge >= 0.3 is 18.2 Å². The van der Waals surface area contributed by atoms with Gasteiger partial charge in [0.15, 0.2) is 0 Å². The van der Waals surface area contributed by atoms with Crippen molar-refractivity contribution in [3.63, 3.8) is 0 Å². The number of hydrogen-bond acceptors (Lipinski definition) is 9. The maximum Gasteiger partial charge on any atom is 0.411 e. The molecule has 1 aromatic heterocycles. The second-order valence-electron chi connectivity index (χ2n) is 12.9. The van der Waals surface area contributed by atoms with Crippen LogP contribution in [0.2, 0.25) is 25.7 Å². The van der Waals surface area contributed by atoms with Crippen LogP contribution in [0, 0.1) is 0 Å². The van der Waals surface area contributed by atoms with Gasteiger partial charge < -0.3 is 34.1 Å². The van der Waals surface area contributed by atoms with Crippen molar-refractivity contribution in [3.8, 4) is 11.3 Å². The van der Waals surface area contributed by atoms with Crippen LogP contribution < -0.4 is 16.0 Å². The fourth-order valence-corrected chi connectivity index (χ4v) is 5.36. The predicted octanol–water partition coefficient (Wildman–Crippen LogP) is 6.13. The average molecular weight is 618 g/mol. The molecule has 0 radical (unpaired) electrons. The summed E-state index contributed by atoms with van der Waals surface area (Å²) in [7, 11) is 1.35. The molecule has 0 saturated carbocycles. The summed E-state index contributed by atoms with van der Waals surface area (Å²) in [5.74, 6) is 0.237. The van der Waals surface area contributed by atoms with Gasteiger partial charge in [-0.25, -0.2) is 19.4 Å². The molecule has 1 aromatic carbocycles. The zero-order valence-corrected chi connectivity index (χ0v) is 27.7. The largest absolute Gasteiger partial charge is 0.467 e. The first-order chi connectivity index (χ1) is 20.2. The van der Waals surface area contributed by atoms with E-state index in [1.807, 2.05) is 37.6 Å². The van der Waals surface area contributed by atoms with Gasteiger partial charge in [-0.05, 0) is 57.9 Å². The smallest absolute Gasteiger partial charge is 0.411 e. The Hall–Kier alpha value is -3.58. The number of nitrogens with one attached hydrogen (secondary N) is 3. The van der Waals surface area contributed by atoms with Crippen LogP contribution in [0.3, 0.4) is 0 Å². The molecule has 0 unspecified atom stereocenters. The number of ether oxygens (including phenoxy) is 4. The maximum atomic E-state index is 12.9. The van der Waals surface area contributed by atoms with Crippen LogP contribution >= 0.6 is 0 Å². The molecule has 1 aliphatic heterocycles. The molecule has 2 bridgehead atoms. The second-order valence-corrected chi connectivity index (χ2v) is 18.5. The number of methoxy groups -OCH3 is 2. The second kappa shape index (κ2) is 14.7. The maximum absolute atomic E-state index is 12.9. The highest BCUT2D eigenvalue weighted by Crippen LogP contribution is 2.34. The molecule has 1 aliphatic rings. The Labute approximate surface area is 255 Å². The molecule has 3 rings (SSSR count). The van der Waals surface area contributed by atoms with Crippen molar-refractivity contribution in [2.75, 3.05) is 31.5 Å². The number of carbonyl (C=O) groups excluding carboxylic acids is 3. The first-order valence-electron chi connectivity index (χ1n) is 14.7. The number of benzene rings is 1. The highest BCUT2D eigenvalue weighted by molar-refractivity contribution is 6.76. The fourth-order valence-electron chi connectivity index (χ4n) is 4.61. The number of fused-ring (bicyclic) bond motifs is 4. The third-order valence-corrected chi connectivity index (χ3v) is 8.52. The number of anilines is 2. The van der Waals surface area contributed by atoms with E-state index >= 15 is 0 Å². The summed E-state index contributed by atoms with van der Waals surface area (Å²) in [6.07, 6.45) is 3.18. The Morgan fingerprint density at radius 3 is 2.44 bits per heavy atom. The molecule has 2 atom stereocenters. The lowest BCUT2D eigenvalue weighted by Crippen LogP contribution is -2.36. The van der Waals surface area contributed by atoms with Gasteiger partial charge in [-0.3, -0.25) is 5.32 Å². The summed E-state index contributed by atoms with van der Waals surface area (Å²) in [6.45, 7) is 13.2. The van der Waals surface area contributed by atoms with Crippen molar-refractivity contribution in [2.24, 2.45) is 0 Å². The molecule has 0 saturated heterocycles. The van der Waals surface area contributed by atoms with Crippen molar-refractivity contribution in [1.29, 1.82) is 0 Å². The highest BCUT2D eigenvalue weighted by Gasteiger charge is 2.28. The Morgan fingerprint density at radius 2 is 1.79 bits per heavy atom. The minimum absolute atomic E-state index is 0.259. The number of amides is 2. The number of alkyl carbamates (subject to hydrolysis) is 1. The molecule has 238 valence electrons. The molecule has 2 amide bonds.